The van der Waals surface area contributed by atoms with Crippen molar-refractivity contribution in [2.75, 3.05) is 7.11 Å². The molecule has 0 spiro atoms. The maximum atomic E-state index is 12.2. The Morgan fingerprint density at radius 3 is 2.47 bits per heavy atom. The van der Waals surface area contributed by atoms with E-state index < -0.39 is 12.0 Å². The molecule has 0 radical (unpaired) electrons. The summed E-state index contributed by atoms with van der Waals surface area (Å²) < 4.78 is 4.56. The largest absolute Gasteiger partial charge is 0.467 e. The highest BCUT2D eigenvalue weighted by Gasteiger charge is 2.27. The number of carbonyl (C=O) groups is 3. The molecule has 2 rings (SSSR count). The molecular weight excluding hydrogens is 246 g/mol. The Balaban J connectivity index is 2.28. The van der Waals surface area contributed by atoms with Gasteiger partial charge >= 0.3 is 5.97 Å². The Kier molecular flexibility index (Phi) is 3.46. The summed E-state index contributed by atoms with van der Waals surface area (Å²) in [5.74, 6) is -1.05. The molecule has 1 aliphatic rings. The van der Waals surface area contributed by atoms with Gasteiger partial charge in [-0.15, -0.1) is 0 Å². The number of fused-ring (bicyclic) bond motifs is 1. The first kappa shape index (κ1) is 13.0. The SMILES string of the molecule is COC(=O)[C@H](C)NC1=CC(=O)c2ccccc2C1=O. The smallest absolute Gasteiger partial charge is 0.327 e. The minimum atomic E-state index is -0.696. The second-order valence-electron chi connectivity index (χ2n) is 4.19. The molecule has 1 atom stereocenters. The first-order chi connectivity index (χ1) is 9.04. The summed E-state index contributed by atoms with van der Waals surface area (Å²) in [7, 11) is 1.26. The number of nitrogens with one attached hydrogen (secondary N) is 1. The van der Waals surface area contributed by atoms with Gasteiger partial charge in [0.05, 0.1) is 12.8 Å². The van der Waals surface area contributed by atoms with Gasteiger partial charge in [-0.05, 0) is 6.92 Å². The molecule has 1 aromatic rings. The van der Waals surface area contributed by atoms with Gasteiger partial charge in [-0.25, -0.2) is 4.79 Å². The van der Waals surface area contributed by atoms with Crippen LogP contribution in [0.2, 0.25) is 0 Å². The first-order valence-corrected chi connectivity index (χ1v) is 5.78. The molecule has 98 valence electrons. The van der Waals surface area contributed by atoms with Crippen molar-refractivity contribution in [1.82, 2.24) is 5.32 Å². The van der Waals surface area contributed by atoms with Crippen molar-refractivity contribution in [2.24, 2.45) is 0 Å². The van der Waals surface area contributed by atoms with Crippen molar-refractivity contribution in [3.05, 3.63) is 47.2 Å². The number of ketones is 2. The Hall–Kier alpha value is -2.43. The highest BCUT2D eigenvalue weighted by atomic mass is 16.5. The molecule has 0 saturated carbocycles. The maximum Gasteiger partial charge on any atom is 0.327 e. The van der Waals surface area contributed by atoms with Gasteiger partial charge < -0.3 is 10.1 Å². The number of hydrogen-bond acceptors (Lipinski definition) is 5. The monoisotopic (exact) mass is 259 g/mol. The topological polar surface area (TPSA) is 72.5 Å². The molecule has 1 aliphatic carbocycles. The molecule has 1 N–H and O–H groups in total. The van der Waals surface area contributed by atoms with Crippen molar-refractivity contribution in [2.45, 2.75) is 13.0 Å². The summed E-state index contributed by atoms with van der Waals surface area (Å²) in [5.41, 5.74) is 0.833. The molecule has 0 saturated heterocycles. The van der Waals surface area contributed by atoms with E-state index in [2.05, 4.69) is 10.1 Å². The van der Waals surface area contributed by atoms with E-state index in [0.717, 1.165) is 0 Å². The number of carbonyl (C=O) groups excluding carboxylic acids is 3. The lowest BCUT2D eigenvalue weighted by Crippen LogP contribution is -2.38. The summed E-state index contributed by atoms with van der Waals surface area (Å²) in [5, 5.41) is 2.71. The zero-order chi connectivity index (χ0) is 14.0. The van der Waals surface area contributed by atoms with Crippen molar-refractivity contribution in [3.8, 4) is 0 Å². The minimum absolute atomic E-state index is 0.113. The van der Waals surface area contributed by atoms with E-state index in [9.17, 15) is 14.4 Å². The fourth-order valence-electron chi connectivity index (χ4n) is 1.89. The van der Waals surface area contributed by atoms with Crippen LogP contribution in [-0.2, 0) is 9.53 Å². The van der Waals surface area contributed by atoms with Crippen LogP contribution in [-0.4, -0.2) is 30.7 Å². The van der Waals surface area contributed by atoms with Crippen LogP contribution in [0, 0.1) is 0 Å². The Morgan fingerprint density at radius 1 is 1.21 bits per heavy atom. The molecule has 5 nitrogen and oxygen atoms in total. The summed E-state index contributed by atoms with van der Waals surface area (Å²) in [6, 6.07) is 5.89. The molecule has 0 heterocycles. The van der Waals surface area contributed by atoms with Gasteiger partial charge in [0.25, 0.3) is 0 Å². The number of rotatable bonds is 3. The van der Waals surface area contributed by atoms with Gasteiger partial charge in [-0.3, -0.25) is 9.59 Å². The third-order valence-electron chi connectivity index (χ3n) is 2.88. The van der Waals surface area contributed by atoms with Crippen LogP contribution in [0.5, 0.6) is 0 Å². The normalized spacial score (nSPS) is 15.4. The van der Waals surface area contributed by atoms with E-state index >= 15 is 0 Å². The standard InChI is InChI=1S/C14H13NO4/c1-8(14(18)19-2)15-11-7-12(16)9-5-3-4-6-10(9)13(11)17/h3-8,15H,1-2H3/t8-/m0/s1. The molecule has 19 heavy (non-hydrogen) atoms. The van der Waals surface area contributed by atoms with Crippen LogP contribution in [0.1, 0.15) is 27.6 Å². The van der Waals surface area contributed by atoms with Crippen molar-refractivity contribution < 1.29 is 19.1 Å². The highest BCUT2D eigenvalue weighted by Crippen LogP contribution is 2.20. The minimum Gasteiger partial charge on any atom is -0.467 e. The van der Waals surface area contributed by atoms with Crippen LogP contribution in [0.15, 0.2) is 36.0 Å². The molecule has 5 heteroatoms. The molecule has 0 aliphatic heterocycles. The summed E-state index contributed by atoms with van der Waals surface area (Å²) in [6.45, 7) is 1.56. The third-order valence-corrected chi connectivity index (χ3v) is 2.88. The zero-order valence-corrected chi connectivity index (χ0v) is 10.6. The number of Topliss-reactive ketones (excluding diaryl/α,β-unsaturated/α-hetero) is 1. The average Bonchev–Trinajstić information content (AvgIpc) is 2.43. The zero-order valence-electron chi connectivity index (χ0n) is 10.6. The summed E-state index contributed by atoms with van der Waals surface area (Å²) in [4.78, 5) is 35.4. The average molecular weight is 259 g/mol. The number of esters is 1. The summed E-state index contributed by atoms with van der Waals surface area (Å²) >= 11 is 0. The molecule has 0 unspecified atom stereocenters. The molecule has 0 amide bonds. The highest BCUT2D eigenvalue weighted by molar-refractivity contribution is 6.24. The van der Waals surface area contributed by atoms with Crippen molar-refractivity contribution in [3.63, 3.8) is 0 Å². The second kappa shape index (κ2) is 5.06. The lowest BCUT2D eigenvalue weighted by Gasteiger charge is -2.19. The van der Waals surface area contributed by atoms with Crippen LogP contribution in [0.25, 0.3) is 0 Å². The van der Waals surface area contributed by atoms with E-state index in [-0.39, 0.29) is 17.3 Å². The van der Waals surface area contributed by atoms with Gasteiger partial charge in [0.1, 0.15) is 6.04 Å². The van der Waals surface area contributed by atoms with E-state index in [1.165, 1.54) is 13.2 Å². The lowest BCUT2D eigenvalue weighted by molar-refractivity contribution is -0.142. The molecule has 0 bridgehead atoms. The Morgan fingerprint density at radius 2 is 1.84 bits per heavy atom. The fourth-order valence-corrected chi connectivity index (χ4v) is 1.89. The lowest BCUT2D eigenvalue weighted by atomic mass is 9.92. The number of hydrogen-bond donors (Lipinski definition) is 1. The molecule has 0 fully saturated rings. The van der Waals surface area contributed by atoms with Gasteiger partial charge in [0.15, 0.2) is 5.78 Å². The molecule has 0 aromatic heterocycles. The molecular formula is C14H13NO4. The van der Waals surface area contributed by atoms with E-state index in [4.69, 9.17) is 0 Å². The predicted molar refractivity (Wildman–Crippen MR) is 67.8 cm³/mol. The summed E-state index contributed by atoms with van der Waals surface area (Å²) in [6.07, 6.45) is 1.21. The van der Waals surface area contributed by atoms with Gasteiger partial charge in [-0.1, -0.05) is 24.3 Å². The van der Waals surface area contributed by atoms with Crippen molar-refractivity contribution >= 4 is 17.5 Å². The van der Waals surface area contributed by atoms with Crippen LogP contribution in [0.4, 0.5) is 0 Å². The van der Waals surface area contributed by atoms with E-state index in [0.29, 0.717) is 11.1 Å². The van der Waals surface area contributed by atoms with E-state index in [1.807, 2.05) is 0 Å². The fraction of sp³-hybridized carbons (Fsp3) is 0.214. The van der Waals surface area contributed by atoms with Gasteiger partial charge in [0.2, 0.25) is 5.78 Å². The second-order valence-corrected chi connectivity index (χ2v) is 4.19. The number of ether oxygens (including phenoxy) is 1. The van der Waals surface area contributed by atoms with Crippen LogP contribution >= 0.6 is 0 Å². The van der Waals surface area contributed by atoms with Gasteiger partial charge in [0, 0.05) is 17.2 Å². The van der Waals surface area contributed by atoms with Crippen LogP contribution in [0.3, 0.4) is 0 Å². The van der Waals surface area contributed by atoms with Gasteiger partial charge in [-0.2, -0.15) is 0 Å². The first-order valence-electron chi connectivity index (χ1n) is 5.78. The van der Waals surface area contributed by atoms with Crippen molar-refractivity contribution in [1.29, 1.82) is 0 Å². The number of methoxy groups -OCH3 is 1. The predicted octanol–water partition coefficient (Wildman–Crippen LogP) is 1.10. The third kappa shape index (κ3) is 2.40. The Labute approximate surface area is 110 Å². The quantitative estimate of drug-likeness (QED) is 0.823. The Bertz CT molecular complexity index is 589. The number of allylic oxidation sites excluding steroid dienone is 2. The van der Waals surface area contributed by atoms with E-state index in [1.54, 1.807) is 31.2 Å². The number of benzene rings is 1. The van der Waals surface area contributed by atoms with Crippen LogP contribution < -0.4 is 5.32 Å². The maximum absolute atomic E-state index is 12.2. The molecule has 1 aromatic carbocycles.